The molecule has 0 aliphatic carbocycles. The summed E-state index contributed by atoms with van der Waals surface area (Å²) in [4.78, 5) is 12.5. The molecule has 0 radical (unpaired) electrons. The van der Waals surface area contributed by atoms with Crippen LogP contribution in [-0.2, 0) is 16.6 Å². The second kappa shape index (κ2) is 7.32. The molecular weight excluding hydrogens is 280 g/mol. The number of carbonyl (C=O) groups is 1. The van der Waals surface area contributed by atoms with Gasteiger partial charge in [0.1, 0.15) is 0 Å². The molecule has 0 saturated carbocycles. The number of Topliss-reactive ketones (excluding diaryl/α,β-unsaturated/α-hetero) is 1. The highest BCUT2D eigenvalue weighted by Crippen LogP contribution is 2.17. The first kappa shape index (κ1) is 15.6. The first-order chi connectivity index (χ1) is 10.1. The summed E-state index contributed by atoms with van der Waals surface area (Å²) in [5.41, 5.74) is 2.81. The molecule has 0 N–H and O–H groups in total. The zero-order chi connectivity index (χ0) is 15.2. The maximum absolute atomic E-state index is 12.6. The van der Waals surface area contributed by atoms with Gasteiger partial charge in [-0.1, -0.05) is 61.5 Å². The molecule has 2 unspecified atom stereocenters. The maximum Gasteiger partial charge on any atom is 0.178 e. The molecule has 2 rings (SSSR count). The first-order valence-corrected chi connectivity index (χ1v) is 8.52. The van der Waals surface area contributed by atoms with Crippen molar-refractivity contribution in [1.82, 2.24) is 0 Å². The van der Waals surface area contributed by atoms with Crippen LogP contribution in [0.5, 0.6) is 0 Å². The lowest BCUT2D eigenvalue weighted by molar-refractivity contribution is 0.0986. The molecule has 2 atom stereocenters. The molecule has 2 aromatic carbocycles. The lowest BCUT2D eigenvalue weighted by Crippen LogP contribution is -2.26. The number of rotatable bonds is 6. The maximum atomic E-state index is 12.6. The SMILES string of the molecule is CCC(C(=O)c1ccccc1)S(=O)Cc1ccccc1C. The lowest BCUT2D eigenvalue weighted by atomic mass is 10.1. The van der Waals surface area contributed by atoms with Crippen molar-refractivity contribution < 1.29 is 9.00 Å². The molecule has 0 saturated heterocycles. The molecule has 0 aliphatic heterocycles. The number of hydrogen-bond acceptors (Lipinski definition) is 2. The number of ketones is 1. The van der Waals surface area contributed by atoms with Gasteiger partial charge in [-0.3, -0.25) is 9.00 Å². The Kier molecular flexibility index (Phi) is 5.45. The van der Waals surface area contributed by atoms with Gasteiger partial charge in [-0.25, -0.2) is 0 Å². The van der Waals surface area contributed by atoms with E-state index in [0.29, 0.717) is 17.7 Å². The largest absolute Gasteiger partial charge is 0.293 e. The van der Waals surface area contributed by atoms with Crippen molar-refractivity contribution in [2.75, 3.05) is 0 Å². The zero-order valence-electron chi connectivity index (χ0n) is 12.4. The van der Waals surface area contributed by atoms with E-state index in [1.165, 1.54) is 0 Å². The van der Waals surface area contributed by atoms with Gasteiger partial charge in [0, 0.05) is 22.1 Å². The molecular formula is C18H20O2S. The van der Waals surface area contributed by atoms with E-state index >= 15 is 0 Å². The normalized spacial score (nSPS) is 13.6. The van der Waals surface area contributed by atoms with Crippen LogP contribution in [0.3, 0.4) is 0 Å². The average Bonchev–Trinajstić information content (AvgIpc) is 2.51. The summed E-state index contributed by atoms with van der Waals surface area (Å²) in [5, 5.41) is -0.438. The van der Waals surface area contributed by atoms with Crippen LogP contribution >= 0.6 is 0 Å². The minimum Gasteiger partial charge on any atom is -0.293 e. The van der Waals surface area contributed by atoms with E-state index in [9.17, 15) is 9.00 Å². The molecule has 0 aliphatic rings. The fourth-order valence-corrected chi connectivity index (χ4v) is 3.88. The summed E-state index contributed by atoms with van der Waals surface area (Å²) in [7, 11) is -1.20. The van der Waals surface area contributed by atoms with Gasteiger partial charge in [0.25, 0.3) is 0 Å². The number of hydrogen-bond donors (Lipinski definition) is 0. The first-order valence-electron chi connectivity index (χ1n) is 7.14. The predicted molar refractivity (Wildman–Crippen MR) is 87.9 cm³/mol. The van der Waals surface area contributed by atoms with E-state index in [1.54, 1.807) is 12.1 Å². The molecule has 0 bridgehead atoms. The quantitative estimate of drug-likeness (QED) is 0.758. The zero-order valence-corrected chi connectivity index (χ0v) is 13.2. The number of benzene rings is 2. The molecule has 0 heterocycles. The second-order valence-electron chi connectivity index (χ2n) is 5.08. The Bertz CT molecular complexity index is 635. The van der Waals surface area contributed by atoms with Crippen molar-refractivity contribution in [3.63, 3.8) is 0 Å². The van der Waals surface area contributed by atoms with E-state index in [0.717, 1.165) is 11.1 Å². The topological polar surface area (TPSA) is 34.1 Å². The molecule has 110 valence electrons. The minimum atomic E-state index is -1.20. The number of aryl methyl sites for hydroxylation is 1. The van der Waals surface area contributed by atoms with Crippen molar-refractivity contribution in [2.45, 2.75) is 31.3 Å². The van der Waals surface area contributed by atoms with Crippen molar-refractivity contribution in [3.8, 4) is 0 Å². The van der Waals surface area contributed by atoms with Gasteiger partial charge in [0.05, 0.1) is 5.25 Å². The Labute approximate surface area is 128 Å². The van der Waals surface area contributed by atoms with Crippen LogP contribution in [0.2, 0.25) is 0 Å². The fourth-order valence-electron chi connectivity index (χ4n) is 2.30. The van der Waals surface area contributed by atoms with Gasteiger partial charge in [-0.05, 0) is 24.5 Å². The van der Waals surface area contributed by atoms with Crippen LogP contribution in [0.25, 0.3) is 0 Å². The van der Waals surface area contributed by atoms with E-state index in [2.05, 4.69) is 0 Å². The van der Waals surface area contributed by atoms with E-state index in [4.69, 9.17) is 0 Å². The Morgan fingerprint density at radius 1 is 1.05 bits per heavy atom. The van der Waals surface area contributed by atoms with Gasteiger partial charge >= 0.3 is 0 Å². The molecule has 3 heteroatoms. The van der Waals surface area contributed by atoms with Gasteiger partial charge < -0.3 is 0 Å². The van der Waals surface area contributed by atoms with E-state index in [1.807, 2.05) is 56.3 Å². The summed E-state index contributed by atoms with van der Waals surface area (Å²) in [6.45, 7) is 3.92. The van der Waals surface area contributed by atoms with Crippen LogP contribution in [0, 0.1) is 6.92 Å². The third-order valence-electron chi connectivity index (χ3n) is 3.60. The average molecular weight is 300 g/mol. The predicted octanol–water partition coefficient (Wildman–Crippen LogP) is 3.91. The number of carbonyl (C=O) groups excluding carboxylic acids is 1. The van der Waals surface area contributed by atoms with Crippen LogP contribution < -0.4 is 0 Å². The summed E-state index contributed by atoms with van der Waals surface area (Å²) >= 11 is 0. The Balaban J connectivity index is 2.16. The van der Waals surface area contributed by atoms with Crippen LogP contribution in [0.1, 0.15) is 34.8 Å². The Hall–Kier alpha value is -1.74. The third-order valence-corrected chi connectivity index (χ3v) is 5.38. The molecule has 0 fully saturated rings. The summed E-state index contributed by atoms with van der Waals surface area (Å²) in [6, 6.07) is 17.0. The van der Waals surface area contributed by atoms with Crippen molar-refractivity contribution in [2.24, 2.45) is 0 Å². The van der Waals surface area contributed by atoms with Gasteiger partial charge in [0.15, 0.2) is 5.78 Å². The monoisotopic (exact) mass is 300 g/mol. The Morgan fingerprint density at radius 2 is 1.67 bits per heavy atom. The summed E-state index contributed by atoms with van der Waals surface area (Å²) in [5.74, 6) is 0.411. The molecule has 2 aromatic rings. The van der Waals surface area contributed by atoms with Crippen LogP contribution in [0.4, 0.5) is 0 Å². The Morgan fingerprint density at radius 3 is 2.29 bits per heavy atom. The van der Waals surface area contributed by atoms with Gasteiger partial charge in [-0.2, -0.15) is 0 Å². The molecule has 2 nitrogen and oxygen atoms in total. The third kappa shape index (κ3) is 3.88. The molecule has 21 heavy (non-hydrogen) atoms. The summed E-state index contributed by atoms with van der Waals surface area (Å²) in [6.07, 6.45) is 0.590. The summed E-state index contributed by atoms with van der Waals surface area (Å²) < 4.78 is 12.6. The van der Waals surface area contributed by atoms with Crippen molar-refractivity contribution in [3.05, 3.63) is 71.3 Å². The fraction of sp³-hybridized carbons (Fsp3) is 0.278. The minimum absolute atomic E-state index is 0.0231. The lowest BCUT2D eigenvalue weighted by Gasteiger charge is -2.14. The smallest absolute Gasteiger partial charge is 0.178 e. The van der Waals surface area contributed by atoms with E-state index < -0.39 is 16.0 Å². The molecule has 0 aromatic heterocycles. The van der Waals surface area contributed by atoms with Crippen molar-refractivity contribution in [1.29, 1.82) is 0 Å². The standard InChI is InChI=1S/C18H20O2S/c1-3-17(18(19)15-10-5-4-6-11-15)21(20)13-16-12-8-7-9-14(16)2/h4-12,17H,3,13H2,1-2H3. The highest BCUT2D eigenvalue weighted by atomic mass is 32.2. The van der Waals surface area contributed by atoms with E-state index in [-0.39, 0.29) is 5.78 Å². The van der Waals surface area contributed by atoms with Gasteiger partial charge in [0.2, 0.25) is 0 Å². The van der Waals surface area contributed by atoms with Gasteiger partial charge in [-0.15, -0.1) is 0 Å². The molecule has 0 amide bonds. The van der Waals surface area contributed by atoms with Crippen LogP contribution in [0.15, 0.2) is 54.6 Å². The molecule has 0 spiro atoms. The highest BCUT2D eigenvalue weighted by molar-refractivity contribution is 7.85. The van der Waals surface area contributed by atoms with Crippen LogP contribution in [-0.4, -0.2) is 15.2 Å². The highest BCUT2D eigenvalue weighted by Gasteiger charge is 2.24. The second-order valence-corrected chi connectivity index (χ2v) is 6.70. The van der Waals surface area contributed by atoms with Crippen molar-refractivity contribution >= 4 is 16.6 Å².